The number of nitro benzene ring substituents is 1. The summed E-state index contributed by atoms with van der Waals surface area (Å²) >= 11 is 0. The highest BCUT2D eigenvalue weighted by atomic mass is 16.6. The summed E-state index contributed by atoms with van der Waals surface area (Å²) in [4.78, 5) is 22.8. The summed E-state index contributed by atoms with van der Waals surface area (Å²) in [6.07, 6.45) is 0.839. The predicted octanol–water partition coefficient (Wildman–Crippen LogP) is 3.31. The Labute approximate surface area is 134 Å². The van der Waals surface area contributed by atoms with E-state index in [9.17, 15) is 14.9 Å². The molecular formula is C17H18N2O4. The van der Waals surface area contributed by atoms with Gasteiger partial charge in [-0.05, 0) is 18.6 Å². The first-order chi connectivity index (χ1) is 11.1. The van der Waals surface area contributed by atoms with Crippen LogP contribution in [0.15, 0.2) is 48.5 Å². The van der Waals surface area contributed by atoms with E-state index < -0.39 is 4.92 Å². The average molecular weight is 314 g/mol. The van der Waals surface area contributed by atoms with Gasteiger partial charge < -0.3 is 10.1 Å². The minimum Gasteiger partial charge on any atom is -0.493 e. The number of ether oxygens (including phenoxy) is 1. The van der Waals surface area contributed by atoms with E-state index in [4.69, 9.17) is 4.74 Å². The molecule has 2 aromatic rings. The van der Waals surface area contributed by atoms with E-state index in [1.165, 1.54) is 6.07 Å². The van der Waals surface area contributed by atoms with Crippen LogP contribution in [-0.4, -0.2) is 17.4 Å². The van der Waals surface area contributed by atoms with E-state index in [1.807, 2.05) is 6.92 Å². The van der Waals surface area contributed by atoms with Crippen molar-refractivity contribution < 1.29 is 14.5 Å². The number of nitrogens with one attached hydrogen (secondary N) is 1. The first-order valence-corrected chi connectivity index (χ1v) is 7.35. The molecular weight excluding hydrogens is 296 g/mol. The van der Waals surface area contributed by atoms with Crippen LogP contribution >= 0.6 is 0 Å². The Kier molecular flexibility index (Phi) is 5.68. The van der Waals surface area contributed by atoms with E-state index in [2.05, 4.69) is 5.32 Å². The zero-order chi connectivity index (χ0) is 16.7. The Hall–Kier alpha value is -2.89. The maximum Gasteiger partial charge on any atom is 0.274 e. The maximum absolute atomic E-state index is 12.3. The fourth-order valence-corrected chi connectivity index (χ4v) is 2.10. The smallest absolute Gasteiger partial charge is 0.274 e. The van der Waals surface area contributed by atoms with Gasteiger partial charge in [-0.3, -0.25) is 14.9 Å². The lowest BCUT2D eigenvalue weighted by Gasteiger charge is -2.11. The molecule has 2 rings (SSSR count). The van der Waals surface area contributed by atoms with Crippen LogP contribution < -0.4 is 10.1 Å². The summed E-state index contributed by atoms with van der Waals surface area (Å²) in [5, 5.41) is 13.7. The van der Waals surface area contributed by atoms with Gasteiger partial charge >= 0.3 is 0 Å². The van der Waals surface area contributed by atoms with Gasteiger partial charge in [-0.25, -0.2) is 0 Å². The monoisotopic (exact) mass is 314 g/mol. The van der Waals surface area contributed by atoms with Crippen molar-refractivity contribution in [3.63, 3.8) is 0 Å². The number of hydrogen-bond acceptors (Lipinski definition) is 4. The number of nitrogens with zero attached hydrogens (tertiary/aromatic N) is 1. The van der Waals surface area contributed by atoms with Crippen molar-refractivity contribution >= 4 is 11.6 Å². The van der Waals surface area contributed by atoms with Crippen LogP contribution in [0.3, 0.4) is 0 Å². The normalized spacial score (nSPS) is 10.1. The number of hydrogen-bond donors (Lipinski definition) is 1. The number of para-hydroxylation sites is 2. The minimum atomic E-state index is -0.459. The molecule has 0 heterocycles. The van der Waals surface area contributed by atoms with Crippen molar-refractivity contribution in [1.29, 1.82) is 0 Å². The number of nitro groups is 1. The van der Waals surface area contributed by atoms with E-state index in [0.29, 0.717) is 23.5 Å². The van der Waals surface area contributed by atoms with Gasteiger partial charge in [0.2, 0.25) is 0 Å². The first-order valence-electron chi connectivity index (χ1n) is 7.35. The molecule has 0 aromatic heterocycles. The highest BCUT2D eigenvalue weighted by molar-refractivity contribution is 5.96. The molecule has 0 aliphatic rings. The van der Waals surface area contributed by atoms with Crippen LogP contribution in [0.5, 0.6) is 5.75 Å². The van der Waals surface area contributed by atoms with Crippen molar-refractivity contribution in [2.45, 2.75) is 19.9 Å². The molecule has 0 atom stereocenters. The fourth-order valence-electron chi connectivity index (χ4n) is 2.10. The van der Waals surface area contributed by atoms with E-state index >= 15 is 0 Å². The molecule has 1 amide bonds. The van der Waals surface area contributed by atoms with Crippen molar-refractivity contribution in [2.24, 2.45) is 0 Å². The SMILES string of the molecule is CCCOc1ccccc1C(=O)NCc1ccccc1[N+](=O)[O-]. The Morgan fingerprint density at radius 2 is 1.87 bits per heavy atom. The molecule has 6 heteroatoms. The summed E-state index contributed by atoms with van der Waals surface area (Å²) in [5.74, 6) is 0.185. The first kappa shape index (κ1) is 16.5. The number of rotatable bonds is 7. The maximum atomic E-state index is 12.3. The number of carbonyl (C=O) groups is 1. The number of carbonyl (C=O) groups excluding carboxylic acids is 1. The molecule has 2 aromatic carbocycles. The number of benzene rings is 2. The zero-order valence-electron chi connectivity index (χ0n) is 12.8. The van der Waals surface area contributed by atoms with E-state index in [1.54, 1.807) is 42.5 Å². The van der Waals surface area contributed by atoms with Gasteiger partial charge in [-0.2, -0.15) is 0 Å². The Morgan fingerprint density at radius 1 is 1.17 bits per heavy atom. The van der Waals surface area contributed by atoms with Gasteiger partial charge in [0.05, 0.1) is 17.1 Å². The predicted molar refractivity (Wildman–Crippen MR) is 86.5 cm³/mol. The highest BCUT2D eigenvalue weighted by Gasteiger charge is 2.15. The van der Waals surface area contributed by atoms with E-state index in [0.717, 1.165) is 6.42 Å². The third kappa shape index (κ3) is 4.29. The summed E-state index contributed by atoms with van der Waals surface area (Å²) in [6.45, 7) is 2.59. The van der Waals surface area contributed by atoms with Gasteiger partial charge in [-0.1, -0.05) is 37.3 Å². The molecule has 0 fully saturated rings. The van der Waals surface area contributed by atoms with Crippen LogP contribution in [-0.2, 0) is 6.54 Å². The van der Waals surface area contributed by atoms with Gasteiger partial charge in [0.1, 0.15) is 5.75 Å². The lowest BCUT2D eigenvalue weighted by molar-refractivity contribution is -0.385. The third-order valence-electron chi connectivity index (χ3n) is 3.22. The number of amides is 1. The quantitative estimate of drug-likeness (QED) is 0.628. The van der Waals surface area contributed by atoms with Crippen molar-refractivity contribution in [3.05, 3.63) is 69.8 Å². The Bertz CT molecular complexity index is 700. The molecule has 0 aliphatic carbocycles. The van der Waals surface area contributed by atoms with Crippen molar-refractivity contribution in [3.8, 4) is 5.75 Å². The van der Waals surface area contributed by atoms with Crippen LogP contribution in [0.2, 0.25) is 0 Å². The van der Waals surface area contributed by atoms with Crippen LogP contribution in [0, 0.1) is 10.1 Å². The molecule has 0 bridgehead atoms. The molecule has 6 nitrogen and oxygen atoms in total. The Balaban J connectivity index is 2.10. The minimum absolute atomic E-state index is 0.0108. The molecule has 0 spiro atoms. The van der Waals surface area contributed by atoms with E-state index in [-0.39, 0.29) is 18.1 Å². The largest absolute Gasteiger partial charge is 0.493 e. The molecule has 0 saturated carbocycles. The Morgan fingerprint density at radius 3 is 2.61 bits per heavy atom. The van der Waals surface area contributed by atoms with Gasteiger partial charge in [0, 0.05) is 18.2 Å². The molecule has 0 aliphatic heterocycles. The average Bonchev–Trinajstić information content (AvgIpc) is 2.58. The molecule has 23 heavy (non-hydrogen) atoms. The lowest BCUT2D eigenvalue weighted by atomic mass is 10.1. The summed E-state index contributed by atoms with van der Waals surface area (Å²) < 4.78 is 5.55. The molecule has 0 radical (unpaired) electrons. The standard InChI is InChI=1S/C17H18N2O4/c1-2-11-23-16-10-6-4-8-14(16)17(20)18-12-13-7-3-5-9-15(13)19(21)22/h3-10H,2,11-12H2,1H3,(H,18,20). The second-order valence-corrected chi connectivity index (χ2v) is 4.91. The third-order valence-corrected chi connectivity index (χ3v) is 3.22. The molecule has 0 saturated heterocycles. The van der Waals surface area contributed by atoms with Crippen LogP contribution in [0.1, 0.15) is 29.3 Å². The second kappa shape index (κ2) is 7.93. The molecule has 1 N–H and O–H groups in total. The summed E-state index contributed by atoms with van der Waals surface area (Å²) in [7, 11) is 0. The fraction of sp³-hybridized carbons (Fsp3) is 0.235. The summed E-state index contributed by atoms with van der Waals surface area (Å²) in [5.41, 5.74) is 0.862. The van der Waals surface area contributed by atoms with Gasteiger partial charge in [0.15, 0.2) is 0 Å². The van der Waals surface area contributed by atoms with Gasteiger partial charge in [0.25, 0.3) is 11.6 Å². The zero-order valence-corrected chi connectivity index (χ0v) is 12.8. The van der Waals surface area contributed by atoms with Crippen LogP contribution in [0.25, 0.3) is 0 Å². The second-order valence-electron chi connectivity index (χ2n) is 4.91. The molecule has 120 valence electrons. The van der Waals surface area contributed by atoms with Crippen LogP contribution in [0.4, 0.5) is 5.69 Å². The van der Waals surface area contributed by atoms with Gasteiger partial charge in [-0.15, -0.1) is 0 Å². The highest BCUT2D eigenvalue weighted by Crippen LogP contribution is 2.20. The van der Waals surface area contributed by atoms with Crippen molar-refractivity contribution in [2.75, 3.05) is 6.61 Å². The molecule has 0 unspecified atom stereocenters. The summed E-state index contributed by atoms with van der Waals surface area (Å²) in [6, 6.07) is 13.3. The lowest BCUT2D eigenvalue weighted by Crippen LogP contribution is -2.24. The van der Waals surface area contributed by atoms with Crippen molar-refractivity contribution in [1.82, 2.24) is 5.32 Å². The topological polar surface area (TPSA) is 81.5 Å².